The van der Waals surface area contributed by atoms with Crippen molar-refractivity contribution in [3.63, 3.8) is 0 Å². The maximum atomic E-state index is 12.6. The number of carbonyl (C=O) groups is 2. The van der Waals surface area contributed by atoms with E-state index in [1.807, 2.05) is 4.90 Å². The molecule has 0 aliphatic carbocycles. The van der Waals surface area contributed by atoms with Crippen LogP contribution in [0.25, 0.3) is 0 Å². The van der Waals surface area contributed by atoms with Crippen LogP contribution in [0.5, 0.6) is 0 Å². The van der Waals surface area contributed by atoms with Crippen molar-refractivity contribution < 1.29 is 14.7 Å². The van der Waals surface area contributed by atoms with Crippen molar-refractivity contribution in [2.24, 2.45) is 0 Å². The molecule has 1 rings (SSSR count). The number of aromatic carboxylic acids is 1. The average molecular weight is 305 g/mol. The Kier molecular flexibility index (Phi) is 8.26. The van der Waals surface area contributed by atoms with Gasteiger partial charge in [-0.15, -0.1) is 0 Å². The molecular formula is C18H27NO3. The molecule has 1 aromatic rings. The first kappa shape index (κ1) is 18.2. The first-order valence-electron chi connectivity index (χ1n) is 8.22. The highest BCUT2D eigenvalue weighted by molar-refractivity contribution is 5.95. The predicted molar refractivity (Wildman–Crippen MR) is 88.4 cm³/mol. The van der Waals surface area contributed by atoms with Crippen molar-refractivity contribution in [1.82, 2.24) is 4.90 Å². The minimum atomic E-state index is -0.971. The number of carboxylic acids is 1. The van der Waals surface area contributed by atoms with Gasteiger partial charge in [-0.2, -0.15) is 0 Å². The predicted octanol–water partition coefficient (Wildman–Crippen LogP) is 4.21. The van der Waals surface area contributed by atoms with Gasteiger partial charge < -0.3 is 10.0 Å². The molecule has 0 saturated heterocycles. The Balaban J connectivity index is 2.73. The lowest BCUT2D eigenvalue weighted by molar-refractivity contribution is 0.0693. The second-order valence-corrected chi connectivity index (χ2v) is 5.59. The van der Waals surface area contributed by atoms with Crippen LogP contribution in [0.3, 0.4) is 0 Å². The van der Waals surface area contributed by atoms with E-state index < -0.39 is 5.97 Å². The Labute approximate surface area is 133 Å². The van der Waals surface area contributed by atoms with Gasteiger partial charge in [-0.25, -0.2) is 4.79 Å². The van der Waals surface area contributed by atoms with Crippen molar-refractivity contribution >= 4 is 11.9 Å². The monoisotopic (exact) mass is 305 g/mol. The lowest BCUT2D eigenvalue weighted by Gasteiger charge is -2.23. The van der Waals surface area contributed by atoms with Crippen LogP contribution >= 0.6 is 0 Å². The molecule has 1 aromatic carbocycles. The van der Waals surface area contributed by atoms with E-state index in [2.05, 4.69) is 13.8 Å². The highest BCUT2D eigenvalue weighted by atomic mass is 16.4. The number of hydrogen-bond donors (Lipinski definition) is 1. The number of carbonyl (C=O) groups excluding carboxylic acids is 1. The lowest BCUT2D eigenvalue weighted by atomic mass is 10.1. The maximum absolute atomic E-state index is 12.6. The van der Waals surface area contributed by atoms with E-state index in [0.717, 1.165) is 51.6 Å². The van der Waals surface area contributed by atoms with Crippen LogP contribution in [-0.2, 0) is 0 Å². The molecule has 22 heavy (non-hydrogen) atoms. The van der Waals surface area contributed by atoms with Gasteiger partial charge in [0.25, 0.3) is 5.91 Å². The molecule has 0 aromatic heterocycles. The number of nitrogens with zero attached hydrogens (tertiary/aromatic N) is 1. The SMILES string of the molecule is CCCCCN(CCCCC)C(=O)c1ccc(C(=O)O)cc1. The maximum Gasteiger partial charge on any atom is 0.335 e. The summed E-state index contributed by atoms with van der Waals surface area (Å²) in [6, 6.07) is 6.20. The van der Waals surface area contributed by atoms with Gasteiger partial charge in [-0.05, 0) is 37.1 Å². The van der Waals surface area contributed by atoms with Crippen molar-refractivity contribution in [2.75, 3.05) is 13.1 Å². The summed E-state index contributed by atoms with van der Waals surface area (Å²) in [5.74, 6) is -0.967. The van der Waals surface area contributed by atoms with E-state index >= 15 is 0 Å². The van der Waals surface area contributed by atoms with Crippen LogP contribution in [0.2, 0.25) is 0 Å². The Morgan fingerprint density at radius 1 is 0.864 bits per heavy atom. The van der Waals surface area contributed by atoms with Crippen LogP contribution in [0.4, 0.5) is 0 Å². The molecule has 0 atom stereocenters. The standard InChI is InChI=1S/C18H27NO3/c1-3-5-7-13-19(14-8-6-4-2)17(20)15-9-11-16(12-10-15)18(21)22/h9-12H,3-8,13-14H2,1-2H3,(H,21,22). The fourth-order valence-electron chi connectivity index (χ4n) is 2.36. The molecule has 0 unspecified atom stereocenters. The van der Waals surface area contributed by atoms with Crippen LogP contribution in [0, 0.1) is 0 Å². The number of carboxylic acid groups (broad SMARTS) is 1. The lowest BCUT2D eigenvalue weighted by Crippen LogP contribution is -2.33. The van der Waals surface area contributed by atoms with E-state index in [1.165, 1.54) is 12.1 Å². The molecule has 4 heteroatoms. The van der Waals surface area contributed by atoms with Crippen molar-refractivity contribution in [3.05, 3.63) is 35.4 Å². The van der Waals surface area contributed by atoms with Gasteiger partial charge >= 0.3 is 5.97 Å². The fourth-order valence-corrected chi connectivity index (χ4v) is 2.36. The highest BCUT2D eigenvalue weighted by Gasteiger charge is 2.15. The molecule has 0 fully saturated rings. The van der Waals surface area contributed by atoms with E-state index in [0.29, 0.717) is 5.56 Å². The summed E-state index contributed by atoms with van der Waals surface area (Å²) >= 11 is 0. The third-order valence-corrected chi connectivity index (χ3v) is 3.73. The quantitative estimate of drug-likeness (QED) is 0.659. The summed E-state index contributed by atoms with van der Waals surface area (Å²) in [7, 11) is 0. The van der Waals surface area contributed by atoms with Gasteiger partial charge in [0.15, 0.2) is 0 Å². The van der Waals surface area contributed by atoms with E-state index in [4.69, 9.17) is 5.11 Å². The summed E-state index contributed by atoms with van der Waals surface area (Å²) in [4.78, 5) is 25.4. The first-order chi connectivity index (χ1) is 10.6. The van der Waals surface area contributed by atoms with Gasteiger partial charge in [0.05, 0.1) is 5.56 Å². The zero-order valence-corrected chi connectivity index (χ0v) is 13.7. The molecule has 1 N–H and O–H groups in total. The topological polar surface area (TPSA) is 57.6 Å². The molecule has 0 spiro atoms. The first-order valence-corrected chi connectivity index (χ1v) is 8.22. The van der Waals surface area contributed by atoms with E-state index in [1.54, 1.807) is 12.1 Å². The molecule has 1 amide bonds. The number of unbranched alkanes of at least 4 members (excludes halogenated alkanes) is 4. The van der Waals surface area contributed by atoms with Gasteiger partial charge in [0, 0.05) is 18.7 Å². The fraction of sp³-hybridized carbons (Fsp3) is 0.556. The number of benzene rings is 1. The third kappa shape index (κ3) is 5.88. The van der Waals surface area contributed by atoms with Gasteiger partial charge in [0.1, 0.15) is 0 Å². The molecular weight excluding hydrogens is 278 g/mol. The zero-order chi connectivity index (χ0) is 16.4. The van der Waals surface area contributed by atoms with Crippen molar-refractivity contribution in [1.29, 1.82) is 0 Å². The summed E-state index contributed by atoms with van der Waals surface area (Å²) in [6.45, 7) is 5.84. The Morgan fingerprint density at radius 3 is 1.73 bits per heavy atom. The van der Waals surface area contributed by atoms with Crippen molar-refractivity contribution in [3.8, 4) is 0 Å². The molecule has 4 nitrogen and oxygen atoms in total. The number of hydrogen-bond acceptors (Lipinski definition) is 2. The highest BCUT2D eigenvalue weighted by Crippen LogP contribution is 2.11. The minimum Gasteiger partial charge on any atom is -0.478 e. The molecule has 0 aliphatic heterocycles. The van der Waals surface area contributed by atoms with Crippen LogP contribution in [0.1, 0.15) is 73.1 Å². The summed E-state index contributed by atoms with van der Waals surface area (Å²) in [5.41, 5.74) is 0.776. The minimum absolute atomic E-state index is 0.00384. The van der Waals surface area contributed by atoms with Crippen molar-refractivity contribution in [2.45, 2.75) is 52.4 Å². The van der Waals surface area contributed by atoms with Gasteiger partial charge in [-0.3, -0.25) is 4.79 Å². The molecule has 0 saturated carbocycles. The number of amides is 1. The van der Waals surface area contributed by atoms with Crippen LogP contribution in [0.15, 0.2) is 24.3 Å². The molecule has 0 heterocycles. The average Bonchev–Trinajstić information content (AvgIpc) is 2.53. The van der Waals surface area contributed by atoms with E-state index in [9.17, 15) is 9.59 Å². The van der Waals surface area contributed by atoms with Crippen LogP contribution in [-0.4, -0.2) is 35.0 Å². The van der Waals surface area contributed by atoms with Crippen LogP contribution < -0.4 is 0 Å². The molecule has 0 radical (unpaired) electrons. The smallest absolute Gasteiger partial charge is 0.335 e. The van der Waals surface area contributed by atoms with E-state index in [-0.39, 0.29) is 11.5 Å². The Hall–Kier alpha value is -1.84. The molecule has 122 valence electrons. The molecule has 0 bridgehead atoms. The summed E-state index contributed by atoms with van der Waals surface area (Å²) < 4.78 is 0. The molecule has 0 aliphatic rings. The number of rotatable bonds is 10. The normalized spacial score (nSPS) is 10.5. The van der Waals surface area contributed by atoms with Gasteiger partial charge in [-0.1, -0.05) is 39.5 Å². The third-order valence-electron chi connectivity index (χ3n) is 3.73. The largest absolute Gasteiger partial charge is 0.478 e. The summed E-state index contributed by atoms with van der Waals surface area (Å²) in [5, 5.41) is 8.91. The Bertz CT molecular complexity index is 458. The second kappa shape index (κ2) is 9.98. The summed E-state index contributed by atoms with van der Waals surface area (Å²) in [6.07, 6.45) is 6.53. The van der Waals surface area contributed by atoms with Gasteiger partial charge in [0.2, 0.25) is 0 Å². The second-order valence-electron chi connectivity index (χ2n) is 5.59. The Morgan fingerprint density at radius 2 is 1.32 bits per heavy atom. The zero-order valence-electron chi connectivity index (χ0n) is 13.7.